The minimum atomic E-state index is -0.784. The molecule has 3 rings (SSSR count). The van der Waals surface area contributed by atoms with Crippen LogP contribution >= 0.6 is 0 Å². The highest BCUT2D eigenvalue weighted by Gasteiger charge is 2.16. The van der Waals surface area contributed by atoms with E-state index in [1.807, 2.05) is 0 Å². The van der Waals surface area contributed by atoms with Gasteiger partial charge in [-0.3, -0.25) is 4.79 Å². The standard InChI is InChI=1S/C15H14F2N4O/c16-10-3-4-13(17)12(7-10)14(22)20-11-8-18-15(19-9-11)21-5-1-2-6-21/h3-4,7-9H,1-2,5-6H2,(H,20,22). The summed E-state index contributed by atoms with van der Waals surface area (Å²) in [7, 11) is 0. The molecule has 1 aromatic heterocycles. The smallest absolute Gasteiger partial charge is 0.258 e. The lowest BCUT2D eigenvalue weighted by molar-refractivity contribution is 0.102. The molecule has 1 fully saturated rings. The summed E-state index contributed by atoms with van der Waals surface area (Å²) in [5, 5.41) is 2.45. The first-order chi connectivity index (χ1) is 10.6. The molecule has 1 aliphatic rings. The van der Waals surface area contributed by atoms with Crippen molar-refractivity contribution < 1.29 is 13.6 Å². The minimum Gasteiger partial charge on any atom is -0.341 e. The van der Waals surface area contributed by atoms with E-state index >= 15 is 0 Å². The third kappa shape index (κ3) is 3.03. The molecular formula is C15H14F2N4O. The van der Waals surface area contributed by atoms with E-state index in [1.165, 1.54) is 12.4 Å². The lowest BCUT2D eigenvalue weighted by Crippen LogP contribution is -2.20. The number of nitrogens with one attached hydrogen (secondary N) is 1. The molecule has 1 saturated heterocycles. The van der Waals surface area contributed by atoms with Crippen molar-refractivity contribution in [2.24, 2.45) is 0 Å². The van der Waals surface area contributed by atoms with Crippen molar-refractivity contribution in [1.29, 1.82) is 0 Å². The Morgan fingerprint density at radius 3 is 2.50 bits per heavy atom. The number of halogens is 2. The van der Waals surface area contributed by atoms with Crippen LogP contribution in [0.4, 0.5) is 20.4 Å². The zero-order valence-corrected chi connectivity index (χ0v) is 11.7. The minimum absolute atomic E-state index is 0.330. The van der Waals surface area contributed by atoms with Gasteiger partial charge in [0.25, 0.3) is 5.91 Å². The van der Waals surface area contributed by atoms with Gasteiger partial charge < -0.3 is 10.2 Å². The maximum absolute atomic E-state index is 13.5. The molecule has 0 unspecified atom stereocenters. The van der Waals surface area contributed by atoms with Crippen molar-refractivity contribution in [3.63, 3.8) is 0 Å². The average Bonchev–Trinajstić information content (AvgIpc) is 3.05. The van der Waals surface area contributed by atoms with E-state index in [9.17, 15) is 13.6 Å². The topological polar surface area (TPSA) is 58.1 Å². The summed E-state index contributed by atoms with van der Waals surface area (Å²) in [4.78, 5) is 22.4. The predicted molar refractivity (Wildman–Crippen MR) is 77.8 cm³/mol. The molecule has 0 spiro atoms. The van der Waals surface area contributed by atoms with Crippen LogP contribution in [0.2, 0.25) is 0 Å². The summed E-state index contributed by atoms with van der Waals surface area (Å²) in [6.07, 6.45) is 5.13. The Bertz CT molecular complexity index is 684. The van der Waals surface area contributed by atoms with Gasteiger partial charge in [-0.05, 0) is 31.0 Å². The third-order valence-corrected chi connectivity index (χ3v) is 3.46. The van der Waals surface area contributed by atoms with Crippen molar-refractivity contribution in [1.82, 2.24) is 9.97 Å². The molecule has 1 amide bonds. The summed E-state index contributed by atoms with van der Waals surface area (Å²) in [5.41, 5.74) is -0.0276. The zero-order valence-electron chi connectivity index (χ0n) is 11.7. The summed E-state index contributed by atoms with van der Waals surface area (Å²) in [6, 6.07) is 2.72. The average molecular weight is 304 g/mol. The van der Waals surface area contributed by atoms with Gasteiger partial charge in [-0.1, -0.05) is 0 Å². The highest BCUT2D eigenvalue weighted by Crippen LogP contribution is 2.17. The maximum atomic E-state index is 13.5. The molecule has 7 heteroatoms. The Balaban J connectivity index is 1.72. The Labute approximate surface area is 126 Å². The van der Waals surface area contributed by atoms with Gasteiger partial charge in [0.05, 0.1) is 23.6 Å². The third-order valence-electron chi connectivity index (χ3n) is 3.46. The van der Waals surface area contributed by atoms with Crippen LogP contribution in [0.25, 0.3) is 0 Å². The quantitative estimate of drug-likeness (QED) is 0.947. The Morgan fingerprint density at radius 2 is 1.82 bits per heavy atom. The van der Waals surface area contributed by atoms with Gasteiger partial charge in [0.2, 0.25) is 5.95 Å². The monoisotopic (exact) mass is 304 g/mol. The van der Waals surface area contributed by atoms with Gasteiger partial charge in [-0.15, -0.1) is 0 Å². The fourth-order valence-electron chi connectivity index (χ4n) is 2.34. The zero-order chi connectivity index (χ0) is 15.5. The molecule has 2 heterocycles. The van der Waals surface area contributed by atoms with Crippen LogP contribution in [-0.2, 0) is 0 Å². The molecule has 1 aliphatic heterocycles. The molecular weight excluding hydrogens is 290 g/mol. The normalized spacial score (nSPS) is 14.2. The number of benzene rings is 1. The highest BCUT2D eigenvalue weighted by molar-refractivity contribution is 6.04. The molecule has 1 aromatic carbocycles. The van der Waals surface area contributed by atoms with Crippen LogP contribution in [0.3, 0.4) is 0 Å². The van der Waals surface area contributed by atoms with E-state index in [0.717, 1.165) is 44.1 Å². The van der Waals surface area contributed by atoms with E-state index < -0.39 is 17.5 Å². The second kappa shape index (κ2) is 6.05. The Hall–Kier alpha value is -2.57. The molecule has 0 bridgehead atoms. The van der Waals surface area contributed by atoms with Crippen molar-refractivity contribution in [3.05, 3.63) is 47.8 Å². The number of carbonyl (C=O) groups excluding carboxylic acids is 1. The van der Waals surface area contributed by atoms with Crippen LogP contribution in [-0.4, -0.2) is 29.0 Å². The Kier molecular flexibility index (Phi) is 3.95. The van der Waals surface area contributed by atoms with Crippen LogP contribution in [0.1, 0.15) is 23.2 Å². The fourth-order valence-corrected chi connectivity index (χ4v) is 2.34. The number of hydrogen-bond acceptors (Lipinski definition) is 4. The molecule has 22 heavy (non-hydrogen) atoms. The van der Waals surface area contributed by atoms with Gasteiger partial charge in [0.15, 0.2) is 0 Å². The van der Waals surface area contributed by atoms with Crippen molar-refractivity contribution >= 4 is 17.5 Å². The van der Waals surface area contributed by atoms with Gasteiger partial charge in [-0.25, -0.2) is 18.7 Å². The molecule has 0 radical (unpaired) electrons. The first-order valence-corrected chi connectivity index (χ1v) is 6.97. The summed E-state index contributed by atoms with van der Waals surface area (Å²) in [6.45, 7) is 1.83. The number of rotatable bonds is 3. The second-order valence-electron chi connectivity index (χ2n) is 5.04. The van der Waals surface area contributed by atoms with E-state index in [0.29, 0.717) is 11.6 Å². The highest BCUT2D eigenvalue weighted by atomic mass is 19.1. The number of anilines is 2. The van der Waals surface area contributed by atoms with Gasteiger partial charge in [-0.2, -0.15) is 0 Å². The number of carbonyl (C=O) groups is 1. The molecule has 0 atom stereocenters. The molecule has 114 valence electrons. The van der Waals surface area contributed by atoms with Gasteiger partial charge >= 0.3 is 0 Å². The molecule has 5 nitrogen and oxygen atoms in total. The molecule has 1 N–H and O–H groups in total. The summed E-state index contributed by atoms with van der Waals surface area (Å²) in [5.74, 6) is -1.59. The fraction of sp³-hybridized carbons (Fsp3) is 0.267. The second-order valence-corrected chi connectivity index (χ2v) is 5.04. The first kappa shape index (κ1) is 14.4. The summed E-state index contributed by atoms with van der Waals surface area (Å²) < 4.78 is 26.6. The van der Waals surface area contributed by atoms with E-state index in [1.54, 1.807) is 0 Å². The van der Waals surface area contributed by atoms with Crippen LogP contribution in [0, 0.1) is 11.6 Å². The number of hydrogen-bond donors (Lipinski definition) is 1. The van der Waals surface area contributed by atoms with E-state index in [-0.39, 0.29) is 5.56 Å². The number of nitrogens with zero attached hydrogens (tertiary/aromatic N) is 3. The van der Waals surface area contributed by atoms with Gasteiger partial charge in [0.1, 0.15) is 11.6 Å². The van der Waals surface area contributed by atoms with Crippen molar-refractivity contribution in [3.8, 4) is 0 Å². The first-order valence-electron chi connectivity index (χ1n) is 6.97. The SMILES string of the molecule is O=C(Nc1cnc(N2CCCC2)nc1)c1cc(F)ccc1F. The van der Waals surface area contributed by atoms with Crippen LogP contribution in [0.5, 0.6) is 0 Å². The van der Waals surface area contributed by atoms with E-state index in [2.05, 4.69) is 20.2 Å². The Morgan fingerprint density at radius 1 is 1.14 bits per heavy atom. The predicted octanol–water partition coefficient (Wildman–Crippen LogP) is 2.61. The lowest BCUT2D eigenvalue weighted by Gasteiger charge is -2.14. The van der Waals surface area contributed by atoms with Crippen LogP contribution < -0.4 is 10.2 Å². The molecule has 2 aromatic rings. The number of amides is 1. The maximum Gasteiger partial charge on any atom is 0.258 e. The van der Waals surface area contributed by atoms with Crippen molar-refractivity contribution in [2.75, 3.05) is 23.3 Å². The molecule has 0 saturated carbocycles. The largest absolute Gasteiger partial charge is 0.341 e. The van der Waals surface area contributed by atoms with Crippen molar-refractivity contribution in [2.45, 2.75) is 12.8 Å². The lowest BCUT2D eigenvalue weighted by atomic mass is 10.2. The van der Waals surface area contributed by atoms with Crippen LogP contribution in [0.15, 0.2) is 30.6 Å². The molecule has 0 aliphatic carbocycles. The number of aromatic nitrogens is 2. The van der Waals surface area contributed by atoms with Gasteiger partial charge in [0, 0.05) is 13.1 Å². The van der Waals surface area contributed by atoms with E-state index in [4.69, 9.17) is 0 Å². The summed E-state index contributed by atoms with van der Waals surface area (Å²) >= 11 is 0.